The van der Waals surface area contributed by atoms with Crippen LogP contribution in [0.3, 0.4) is 0 Å². The van der Waals surface area contributed by atoms with E-state index < -0.39 is 5.60 Å². The first kappa shape index (κ1) is 27.2. The summed E-state index contributed by atoms with van der Waals surface area (Å²) in [4.78, 5) is 47.1. The van der Waals surface area contributed by atoms with Crippen LogP contribution >= 0.6 is 11.3 Å². The van der Waals surface area contributed by atoms with Gasteiger partial charge in [0.2, 0.25) is 11.8 Å². The molecule has 2 aliphatic carbocycles. The topological polar surface area (TPSA) is 110 Å². The number of amides is 3. The molecule has 3 amide bonds. The van der Waals surface area contributed by atoms with E-state index in [1.807, 2.05) is 25.7 Å². The number of anilines is 1. The lowest BCUT2D eigenvalue weighted by atomic mass is 9.93. The fourth-order valence-corrected chi connectivity index (χ4v) is 7.42. The monoisotopic (exact) mass is 568 g/mol. The van der Waals surface area contributed by atoms with Crippen LogP contribution in [0, 0.1) is 5.92 Å². The van der Waals surface area contributed by atoms with Gasteiger partial charge in [-0.15, -0.1) is 0 Å². The van der Waals surface area contributed by atoms with Crippen LogP contribution in [-0.2, 0) is 27.2 Å². The Hall–Kier alpha value is -2.95. The minimum absolute atomic E-state index is 0.0406. The maximum atomic E-state index is 13.4. The number of rotatable bonds is 4. The summed E-state index contributed by atoms with van der Waals surface area (Å²) < 4.78 is 7.75. The Labute approximate surface area is 239 Å². The molecule has 11 heteroatoms. The highest BCUT2D eigenvalue weighted by molar-refractivity contribution is 7.19. The lowest BCUT2D eigenvalue weighted by Gasteiger charge is -2.38. The van der Waals surface area contributed by atoms with Crippen molar-refractivity contribution in [2.24, 2.45) is 5.92 Å². The molecule has 3 fully saturated rings. The molecule has 0 unspecified atom stereocenters. The number of carbonyl (C=O) groups excluding carboxylic acids is 3. The highest BCUT2D eigenvalue weighted by Crippen LogP contribution is 2.49. The van der Waals surface area contributed by atoms with E-state index in [1.54, 1.807) is 16.2 Å². The van der Waals surface area contributed by atoms with Gasteiger partial charge in [-0.05, 0) is 72.1 Å². The van der Waals surface area contributed by atoms with Crippen LogP contribution in [0.15, 0.2) is 0 Å². The number of likely N-dealkylation sites (tertiary alicyclic amines) is 2. The quantitative estimate of drug-likeness (QED) is 0.570. The molecule has 0 bridgehead atoms. The molecule has 6 rings (SSSR count). The normalized spacial score (nSPS) is 20.2. The number of thiazole rings is 1. The summed E-state index contributed by atoms with van der Waals surface area (Å²) in [6.45, 7) is 9.68. The second-order valence-electron chi connectivity index (χ2n) is 12.7. The van der Waals surface area contributed by atoms with E-state index in [-0.39, 0.29) is 29.9 Å². The summed E-state index contributed by atoms with van der Waals surface area (Å²) in [5.74, 6) is 0.632. The first-order chi connectivity index (χ1) is 19.1. The largest absolute Gasteiger partial charge is 0.444 e. The Balaban J connectivity index is 1.12. The van der Waals surface area contributed by atoms with Gasteiger partial charge in [-0.3, -0.25) is 14.3 Å². The van der Waals surface area contributed by atoms with Gasteiger partial charge in [-0.25, -0.2) is 9.78 Å². The molecule has 2 saturated heterocycles. The zero-order valence-corrected chi connectivity index (χ0v) is 24.8. The van der Waals surface area contributed by atoms with Crippen LogP contribution in [0.25, 0.3) is 10.6 Å². The van der Waals surface area contributed by atoms with Gasteiger partial charge in [0.25, 0.3) is 0 Å². The Morgan fingerprint density at radius 2 is 1.62 bits per heavy atom. The van der Waals surface area contributed by atoms with Gasteiger partial charge in [-0.1, -0.05) is 11.3 Å². The van der Waals surface area contributed by atoms with Crippen molar-refractivity contribution in [2.75, 3.05) is 31.5 Å². The van der Waals surface area contributed by atoms with E-state index in [0.29, 0.717) is 37.0 Å². The van der Waals surface area contributed by atoms with Crippen molar-refractivity contribution >= 4 is 34.4 Å². The number of ether oxygens (including phenoxy) is 1. The number of aromatic nitrogens is 3. The maximum absolute atomic E-state index is 13.4. The number of fused-ring (bicyclic) bond motifs is 3. The third-order valence-corrected chi connectivity index (χ3v) is 9.45. The number of hydrogen-bond donors (Lipinski definition) is 1. The average Bonchev–Trinajstić information content (AvgIpc) is 3.55. The van der Waals surface area contributed by atoms with Crippen LogP contribution in [0.5, 0.6) is 0 Å². The van der Waals surface area contributed by atoms with Crippen LogP contribution in [0.2, 0.25) is 0 Å². The van der Waals surface area contributed by atoms with E-state index >= 15 is 0 Å². The number of nitrogens with zero attached hydrogens (tertiary/aromatic N) is 5. The predicted molar refractivity (Wildman–Crippen MR) is 152 cm³/mol. The molecule has 0 spiro atoms. The van der Waals surface area contributed by atoms with Crippen molar-refractivity contribution in [2.45, 2.75) is 96.6 Å². The van der Waals surface area contributed by atoms with Crippen molar-refractivity contribution in [3.8, 4) is 10.6 Å². The molecule has 4 heterocycles. The van der Waals surface area contributed by atoms with Crippen molar-refractivity contribution in [3.63, 3.8) is 0 Å². The third-order valence-electron chi connectivity index (χ3n) is 8.43. The van der Waals surface area contributed by atoms with Crippen molar-refractivity contribution in [1.82, 2.24) is 24.6 Å². The number of hydrogen-bond acceptors (Lipinski definition) is 7. The molecule has 0 atom stereocenters. The molecule has 2 aromatic rings. The van der Waals surface area contributed by atoms with Crippen LogP contribution in [0.1, 0.15) is 95.1 Å². The standard InChI is InChI=1S/C29H40N6O4S/c1-17(36)30-27-31-22-8-7-21-23(18-5-6-18)32-35(24(21)25(22)40-27)20-11-15-33(16-12-20)26(37)19-9-13-34(14-10-19)28(38)39-29(2,3)4/h18-20H,5-16H2,1-4H3,(H,30,31,36). The molecule has 1 N–H and O–H groups in total. The molecule has 0 radical (unpaired) electrons. The van der Waals surface area contributed by atoms with E-state index in [1.165, 1.54) is 36.7 Å². The number of piperidine rings is 2. The van der Waals surface area contributed by atoms with Gasteiger partial charge in [-0.2, -0.15) is 5.10 Å². The summed E-state index contributed by atoms with van der Waals surface area (Å²) >= 11 is 1.55. The first-order valence-corrected chi connectivity index (χ1v) is 15.5. The van der Waals surface area contributed by atoms with Crippen molar-refractivity contribution < 1.29 is 19.1 Å². The molecular weight excluding hydrogens is 528 g/mol. The fourth-order valence-electron chi connectivity index (χ4n) is 6.30. The summed E-state index contributed by atoms with van der Waals surface area (Å²) in [6, 6.07) is 0.233. The number of carbonyl (C=O) groups is 3. The first-order valence-electron chi connectivity index (χ1n) is 14.7. The molecule has 0 aromatic carbocycles. The molecule has 216 valence electrons. The van der Waals surface area contributed by atoms with Crippen LogP contribution in [-0.4, -0.2) is 74.3 Å². The minimum Gasteiger partial charge on any atom is -0.444 e. The SMILES string of the molecule is CC(=O)Nc1nc2c(s1)-c1c(c(C3CC3)nn1C1CCN(C(=O)C3CCN(C(=O)OC(C)(C)C)CC3)CC1)CC2. The van der Waals surface area contributed by atoms with Gasteiger partial charge in [0.1, 0.15) is 5.60 Å². The van der Waals surface area contributed by atoms with Gasteiger partial charge in [0.05, 0.1) is 28.0 Å². The number of nitrogens with one attached hydrogen (secondary N) is 1. The maximum Gasteiger partial charge on any atom is 0.410 e. The zero-order valence-electron chi connectivity index (χ0n) is 24.0. The van der Waals surface area contributed by atoms with Gasteiger partial charge in [0, 0.05) is 50.5 Å². The molecule has 4 aliphatic rings. The lowest BCUT2D eigenvalue weighted by Crippen LogP contribution is -2.47. The van der Waals surface area contributed by atoms with E-state index in [0.717, 1.165) is 49.3 Å². The van der Waals surface area contributed by atoms with E-state index in [2.05, 4.69) is 10.00 Å². The minimum atomic E-state index is -0.517. The molecule has 10 nitrogen and oxygen atoms in total. The second kappa shape index (κ2) is 10.5. The fraction of sp³-hybridized carbons (Fsp3) is 0.690. The molecule has 2 aromatic heterocycles. The summed E-state index contributed by atoms with van der Waals surface area (Å²) in [5, 5.41) is 8.74. The van der Waals surface area contributed by atoms with E-state index in [4.69, 9.17) is 14.8 Å². The van der Waals surface area contributed by atoms with E-state index in [9.17, 15) is 14.4 Å². The van der Waals surface area contributed by atoms with Crippen LogP contribution < -0.4 is 5.32 Å². The molecular formula is C29H40N6O4S. The smallest absolute Gasteiger partial charge is 0.410 e. The van der Waals surface area contributed by atoms with Gasteiger partial charge >= 0.3 is 6.09 Å². The van der Waals surface area contributed by atoms with Crippen molar-refractivity contribution in [3.05, 3.63) is 17.0 Å². The Bertz CT molecular complexity index is 1310. The zero-order chi connectivity index (χ0) is 28.2. The highest BCUT2D eigenvalue weighted by atomic mass is 32.1. The Kier molecular flexibility index (Phi) is 7.13. The van der Waals surface area contributed by atoms with Crippen molar-refractivity contribution in [1.29, 1.82) is 0 Å². The summed E-state index contributed by atoms with van der Waals surface area (Å²) in [7, 11) is 0. The number of aryl methyl sites for hydroxylation is 1. The molecule has 2 aliphatic heterocycles. The highest BCUT2D eigenvalue weighted by Gasteiger charge is 2.39. The van der Waals surface area contributed by atoms with Crippen LogP contribution in [0.4, 0.5) is 9.93 Å². The Morgan fingerprint density at radius 1 is 0.950 bits per heavy atom. The third kappa shape index (κ3) is 5.49. The lowest BCUT2D eigenvalue weighted by molar-refractivity contribution is -0.138. The Morgan fingerprint density at radius 3 is 2.25 bits per heavy atom. The van der Waals surface area contributed by atoms with Gasteiger partial charge < -0.3 is 19.9 Å². The summed E-state index contributed by atoms with van der Waals surface area (Å²) in [5.41, 5.74) is 4.34. The summed E-state index contributed by atoms with van der Waals surface area (Å²) in [6.07, 6.45) is 7.04. The average molecular weight is 569 g/mol. The second-order valence-corrected chi connectivity index (χ2v) is 13.7. The predicted octanol–water partition coefficient (Wildman–Crippen LogP) is 4.75. The molecule has 40 heavy (non-hydrogen) atoms. The molecule has 1 saturated carbocycles. The van der Waals surface area contributed by atoms with Gasteiger partial charge in [0.15, 0.2) is 5.13 Å².